The highest BCUT2D eigenvalue weighted by Crippen LogP contribution is 2.30. The van der Waals surface area contributed by atoms with Crippen LogP contribution in [0.1, 0.15) is 24.5 Å². The van der Waals surface area contributed by atoms with E-state index in [0.29, 0.717) is 24.4 Å². The van der Waals surface area contributed by atoms with Gasteiger partial charge in [-0.1, -0.05) is 18.2 Å². The summed E-state index contributed by atoms with van der Waals surface area (Å²) in [6.45, 7) is 0.556. The number of nitrogen functional groups attached to an aromatic ring is 1. The molecule has 3 aromatic heterocycles. The van der Waals surface area contributed by atoms with Gasteiger partial charge in [0.15, 0.2) is 5.65 Å². The predicted octanol–water partition coefficient (Wildman–Crippen LogP) is 2.45. The van der Waals surface area contributed by atoms with E-state index in [1.54, 1.807) is 10.7 Å². The Hall–Kier alpha value is -3.52. The van der Waals surface area contributed by atoms with Crippen molar-refractivity contribution in [3.8, 4) is 11.1 Å². The number of nitrogens with zero attached hydrogens (tertiary/aromatic N) is 4. The third-order valence-corrected chi connectivity index (χ3v) is 5.55. The number of aliphatic carboxylic acids is 1. The fourth-order valence-electron chi connectivity index (χ4n) is 3.96. The van der Waals surface area contributed by atoms with Crippen LogP contribution in [0.3, 0.4) is 0 Å². The molecule has 1 aromatic carbocycles. The number of hydrogen-bond acceptors (Lipinski definition) is 6. The number of nitrogens with one attached hydrogen (secondary N) is 1. The molecule has 0 spiro atoms. The maximum absolute atomic E-state index is 11.2. The first kappa shape index (κ1) is 17.6. The van der Waals surface area contributed by atoms with Crippen molar-refractivity contribution in [2.24, 2.45) is 0 Å². The molecule has 0 aliphatic carbocycles. The normalized spacial score (nSPS) is 19.6. The van der Waals surface area contributed by atoms with E-state index in [4.69, 9.17) is 10.7 Å². The van der Waals surface area contributed by atoms with E-state index in [1.165, 1.54) is 0 Å². The predicted molar refractivity (Wildman–Crippen MR) is 110 cm³/mol. The Labute approximate surface area is 166 Å². The van der Waals surface area contributed by atoms with Gasteiger partial charge in [0.25, 0.3) is 0 Å². The molecule has 1 aliphatic heterocycles. The zero-order valence-corrected chi connectivity index (χ0v) is 15.6. The minimum atomic E-state index is -0.812. The van der Waals surface area contributed by atoms with Gasteiger partial charge >= 0.3 is 5.97 Å². The van der Waals surface area contributed by atoms with Crippen molar-refractivity contribution in [2.75, 3.05) is 12.3 Å². The van der Waals surface area contributed by atoms with Crippen LogP contribution in [-0.2, 0) is 4.79 Å². The number of anilines is 1. The van der Waals surface area contributed by atoms with Crippen molar-refractivity contribution < 1.29 is 9.90 Å². The molecule has 0 saturated carbocycles. The standard InChI is InChI=1S/C21H20N6O2/c22-19-8-18(13-5-6-17(21(28)29)24-9-13)26-20-15(11-25-27(19)20)14-7-12-3-1-2-4-16(12)23-10-14/h1-4,7-8,10-11,13,17,24H,5-6,9,22H2,(H,28,29)/t13-,17-/m0/s1. The number of aromatic nitrogens is 4. The minimum Gasteiger partial charge on any atom is -0.480 e. The summed E-state index contributed by atoms with van der Waals surface area (Å²) in [6.07, 6.45) is 4.89. The van der Waals surface area contributed by atoms with Gasteiger partial charge in [-0.15, -0.1) is 0 Å². The maximum Gasteiger partial charge on any atom is 0.320 e. The zero-order valence-electron chi connectivity index (χ0n) is 15.6. The number of piperidine rings is 1. The summed E-state index contributed by atoms with van der Waals surface area (Å²) in [6, 6.07) is 11.4. The first-order chi connectivity index (χ1) is 14.1. The lowest BCUT2D eigenvalue weighted by atomic mass is 9.92. The van der Waals surface area contributed by atoms with Gasteiger partial charge in [-0.05, 0) is 25.0 Å². The molecule has 8 nitrogen and oxygen atoms in total. The Balaban J connectivity index is 1.55. The lowest BCUT2D eigenvalue weighted by molar-refractivity contribution is -0.140. The van der Waals surface area contributed by atoms with Crippen LogP contribution < -0.4 is 11.1 Å². The molecule has 0 bridgehead atoms. The number of fused-ring (bicyclic) bond motifs is 2. The lowest BCUT2D eigenvalue weighted by Crippen LogP contribution is -2.43. The number of carboxylic acid groups (broad SMARTS) is 1. The van der Waals surface area contributed by atoms with Crippen molar-refractivity contribution in [1.82, 2.24) is 24.9 Å². The Morgan fingerprint density at radius 2 is 2.07 bits per heavy atom. The van der Waals surface area contributed by atoms with Crippen molar-refractivity contribution in [3.05, 3.63) is 54.5 Å². The van der Waals surface area contributed by atoms with E-state index >= 15 is 0 Å². The van der Waals surface area contributed by atoms with Gasteiger partial charge in [-0.3, -0.25) is 9.78 Å². The second-order valence-corrected chi connectivity index (χ2v) is 7.39. The molecule has 4 heterocycles. The monoisotopic (exact) mass is 388 g/mol. The molecule has 29 heavy (non-hydrogen) atoms. The van der Waals surface area contributed by atoms with Crippen molar-refractivity contribution >= 4 is 28.3 Å². The molecule has 1 saturated heterocycles. The summed E-state index contributed by atoms with van der Waals surface area (Å²) in [7, 11) is 0. The SMILES string of the molecule is Nc1cc([C@H]2CC[C@@H](C(=O)O)NC2)nc2c(-c3cnc4ccccc4c3)cnn12. The third-order valence-electron chi connectivity index (χ3n) is 5.55. The smallest absolute Gasteiger partial charge is 0.320 e. The highest BCUT2D eigenvalue weighted by Gasteiger charge is 2.27. The molecule has 1 aliphatic rings. The number of nitrogens with two attached hydrogens (primary N) is 1. The molecule has 8 heteroatoms. The molecule has 2 atom stereocenters. The Morgan fingerprint density at radius 1 is 1.21 bits per heavy atom. The number of carboxylic acids is 1. The molecule has 0 unspecified atom stereocenters. The van der Waals surface area contributed by atoms with E-state index < -0.39 is 12.0 Å². The molecule has 4 aromatic rings. The van der Waals surface area contributed by atoms with Gasteiger partial charge in [-0.25, -0.2) is 4.98 Å². The van der Waals surface area contributed by atoms with E-state index in [9.17, 15) is 9.90 Å². The van der Waals surface area contributed by atoms with Gasteiger partial charge in [0.2, 0.25) is 0 Å². The fourth-order valence-corrected chi connectivity index (χ4v) is 3.96. The summed E-state index contributed by atoms with van der Waals surface area (Å²) in [5.74, 6) is -0.200. The number of hydrogen-bond donors (Lipinski definition) is 3. The number of carbonyl (C=O) groups is 1. The van der Waals surface area contributed by atoms with E-state index in [1.807, 2.05) is 36.5 Å². The Kier molecular flexibility index (Phi) is 4.13. The highest BCUT2D eigenvalue weighted by molar-refractivity contribution is 5.86. The van der Waals surface area contributed by atoms with Gasteiger partial charge in [-0.2, -0.15) is 9.61 Å². The molecule has 4 N–H and O–H groups in total. The fraction of sp³-hybridized carbons (Fsp3) is 0.238. The van der Waals surface area contributed by atoms with Crippen LogP contribution >= 0.6 is 0 Å². The number of rotatable bonds is 3. The number of benzene rings is 1. The van der Waals surface area contributed by atoms with Crippen LogP contribution in [0.4, 0.5) is 5.82 Å². The Bertz CT molecular complexity index is 1230. The van der Waals surface area contributed by atoms with Crippen LogP contribution in [0.25, 0.3) is 27.7 Å². The molecule has 146 valence electrons. The van der Waals surface area contributed by atoms with Crippen LogP contribution in [0, 0.1) is 0 Å². The molecular weight excluding hydrogens is 368 g/mol. The zero-order chi connectivity index (χ0) is 20.0. The summed E-state index contributed by atoms with van der Waals surface area (Å²) in [5.41, 5.74) is 10.5. The number of para-hydroxylation sites is 1. The van der Waals surface area contributed by atoms with E-state index in [0.717, 1.165) is 34.1 Å². The summed E-state index contributed by atoms with van der Waals surface area (Å²) < 4.78 is 1.63. The number of pyridine rings is 1. The van der Waals surface area contributed by atoms with Crippen molar-refractivity contribution in [3.63, 3.8) is 0 Å². The first-order valence-electron chi connectivity index (χ1n) is 9.55. The minimum absolute atomic E-state index is 0.107. The summed E-state index contributed by atoms with van der Waals surface area (Å²) in [4.78, 5) is 20.6. The molecule has 0 amide bonds. The largest absolute Gasteiger partial charge is 0.480 e. The topological polar surface area (TPSA) is 118 Å². The van der Waals surface area contributed by atoms with Gasteiger partial charge in [0, 0.05) is 41.2 Å². The molecule has 5 rings (SSSR count). The average molecular weight is 388 g/mol. The van der Waals surface area contributed by atoms with Gasteiger partial charge < -0.3 is 16.2 Å². The van der Waals surface area contributed by atoms with Gasteiger partial charge in [0.1, 0.15) is 11.9 Å². The molecule has 1 fully saturated rings. The second kappa shape index (κ2) is 6.82. The second-order valence-electron chi connectivity index (χ2n) is 7.39. The lowest BCUT2D eigenvalue weighted by Gasteiger charge is -2.27. The van der Waals surface area contributed by atoms with Crippen LogP contribution in [0.5, 0.6) is 0 Å². The van der Waals surface area contributed by atoms with Crippen molar-refractivity contribution in [2.45, 2.75) is 24.8 Å². The van der Waals surface area contributed by atoms with Gasteiger partial charge in [0.05, 0.1) is 17.4 Å². The summed E-state index contributed by atoms with van der Waals surface area (Å²) >= 11 is 0. The van der Waals surface area contributed by atoms with Crippen LogP contribution in [-0.4, -0.2) is 43.2 Å². The quantitative estimate of drug-likeness (QED) is 0.493. The Morgan fingerprint density at radius 3 is 2.86 bits per heavy atom. The van der Waals surface area contributed by atoms with Crippen LogP contribution in [0.15, 0.2) is 48.8 Å². The average Bonchev–Trinajstić information content (AvgIpc) is 3.18. The maximum atomic E-state index is 11.2. The molecular formula is C21H20N6O2. The summed E-state index contributed by atoms with van der Waals surface area (Å²) in [5, 5.41) is 17.7. The third kappa shape index (κ3) is 3.07. The molecule has 0 radical (unpaired) electrons. The van der Waals surface area contributed by atoms with E-state index in [2.05, 4.69) is 21.5 Å². The van der Waals surface area contributed by atoms with Crippen LogP contribution in [0.2, 0.25) is 0 Å². The van der Waals surface area contributed by atoms with E-state index in [-0.39, 0.29) is 5.92 Å². The first-order valence-corrected chi connectivity index (χ1v) is 9.55. The van der Waals surface area contributed by atoms with Crippen molar-refractivity contribution in [1.29, 1.82) is 0 Å². The highest BCUT2D eigenvalue weighted by atomic mass is 16.4.